The average molecular weight is 556 g/mol. The Morgan fingerprint density at radius 3 is 2.47 bits per heavy atom. The van der Waals surface area contributed by atoms with Crippen LogP contribution in [0.1, 0.15) is 44.6 Å². The number of piperidine rings is 1. The Hall–Kier alpha value is -1.55. The number of halogens is 1. The van der Waals surface area contributed by atoms with Crippen LogP contribution in [0.25, 0.3) is 0 Å². The summed E-state index contributed by atoms with van der Waals surface area (Å²) in [7, 11) is 0. The van der Waals surface area contributed by atoms with E-state index in [9.17, 15) is 4.79 Å². The van der Waals surface area contributed by atoms with Gasteiger partial charge in [-0.15, -0.1) is 24.0 Å². The zero-order valence-electron chi connectivity index (χ0n) is 19.1. The summed E-state index contributed by atoms with van der Waals surface area (Å²) >= 11 is 0. The van der Waals surface area contributed by atoms with Gasteiger partial charge >= 0.3 is 0 Å². The Labute approximate surface area is 208 Å². The highest BCUT2D eigenvalue weighted by Gasteiger charge is 2.30. The number of nitrogens with one attached hydrogen (secondary N) is 1. The van der Waals surface area contributed by atoms with Gasteiger partial charge in [0.25, 0.3) is 0 Å². The molecule has 0 aromatic heterocycles. The molecule has 1 amide bonds. The first kappa shape index (κ1) is 25.1. The van der Waals surface area contributed by atoms with Crippen molar-refractivity contribution in [3.63, 3.8) is 0 Å². The first-order valence-corrected chi connectivity index (χ1v) is 11.9. The van der Waals surface area contributed by atoms with E-state index in [1.165, 1.54) is 6.42 Å². The molecule has 2 heterocycles. The van der Waals surface area contributed by atoms with Crippen LogP contribution in [-0.4, -0.2) is 73.7 Å². The lowest BCUT2D eigenvalue weighted by Crippen LogP contribution is -2.50. The zero-order valence-corrected chi connectivity index (χ0v) is 21.5. The van der Waals surface area contributed by atoms with E-state index in [1.807, 2.05) is 17.0 Å². The maximum absolute atomic E-state index is 12.8. The van der Waals surface area contributed by atoms with E-state index in [-0.39, 0.29) is 29.9 Å². The van der Waals surface area contributed by atoms with Crippen LogP contribution in [0.2, 0.25) is 0 Å². The average Bonchev–Trinajstić information content (AvgIpc) is 2.80. The Kier molecular flexibility index (Phi) is 9.90. The van der Waals surface area contributed by atoms with Crippen molar-refractivity contribution < 1.29 is 14.3 Å². The fourth-order valence-corrected chi connectivity index (χ4v) is 4.38. The molecule has 1 aromatic rings. The number of rotatable bonds is 6. The van der Waals surface area contributed by atoms with Gasteiger partial charge < -0.3 is 24.6 Å². The molecule has 0 bridgehead atoms. The zero-order chi connectivity index (χ0) is 21.5. The molecule has 2 aliphatic heterocycles. The number of morpholine rings is 1. The molecule has 7 nitrogen and oxygen atoms in total. The second-order valence-corrected chi connectivity index (χ2v) is 8.65. The normalized spacial score (nSPS) is 20.3. The minimum Gasteiger partial charge on any atom is -0.490 e. The van der Waals surface area contributed by atoms with Gasteiger partial charge in [0.15, 0.2) is 5.96 Å². The molecule has 0 spiro atoms. The molecule has 3 aliphatic rings. The topological polar surface area (TPSA) is 66.4 Å². The van der Waals surface area contributed by atoms with Crippen molar-refractivity contribution in [3.05, 3.63) is 29.8 Å². The quantitative estimate of drug-likeness (QED) is 0.331. The van der Waals surface area contributed by atoms with Crippen molar-refractivity contribution in [1.82, 2.24) is 15.1 Å². The number of amides is 1. The van der Waals surface area contributed by atoms with Gasteiger partial charge in [-0.25, -0.2) is 4.99 Å². The standard InChI is InChI=1S/C24H36N4O3.HI/c1-2-25-24(26-18-20-6-3-4-9-22(20)31-21-7-5-8-21)28-12-10-19(11-13-28)23(29)27-14-16-30-17-15-27;/h3-4,6,9,19,21H,2,5,7-8,10-18H2,1H3,(H,25,26);1H. The van der Waals surface area contributed by atoms with Gasteiger partial charge in [-0.2, -0.15) is 0 Å². The highest BCUT2D eigenvalue weighted by atomic mass is 127. The third-order valence-electron chi connectivity index (χ3n) is 6.52. The predicted octanol–water partition coefficient (Wildman–Crippen LogP) is 3.27. The van der Waals surface area contributed by atoms with Crippen LogP contribution in [0.4, 0.5) is 0 Å². The van der Waals surface area contributed by atoms with Gasteiger partial charge in [-0.05, 0) is 45.1 Å². The highest BCUT2D eigenvalue weighted by molar-refractivity contribution is 14.0. The lowest BCUT2D eigenvalue weighted by atomic mass is 9.95. The molecule has 8 heteroatoms. The first-order valence-electron chi connectivity index (χ1n) is 11.9. The highest BCUT2D eigenvalue weighted by Crippen LogP contribution is 2.28. The third kappa shape index (κ3) is 6.50. The molecule has 1 saturated carbocycles. The van der Waals surface area contributed by atoms with Crippen molar-refractivity contribution in [2.45, 2.75) is 51.7 Å². The summed E-state index contributed by atoms with van der Waals surface area (Å²) in [4.78, 5) is 22.0. The second-order valence-electron chi connectivity index (χ2n) is 8.65. The molecule has 0 radical (unpaired) electrons. The van der Waals surface area contributed by atoms with Gasteiger partial charge in [-0.1, -0.05) is 18.2 Å². The van der Waals surface area contributed by atoms with Crippen molar-refractivity contribution in [3.8, 4) is 5.75 Å². The maximum atomic E-state index is 12.8. The Morgan fingerprint density at radius 2 is 1.81 bits per heavy atom. The number of hydrogen-bond donors (Lipinski definition) is 1. The van der Waals surface area contributed by atoms with Gasteiger partial charge in [0.1, 0.15) is 5.75 Å². The van der Waals surface area contributed by atoms with Crippen LogP contribution < -0.4 is 10.1 Å². The van der Waals surface area contributed by atoms with Crippen LogP contribution >= 0.6 is 24.0 Å². The van der Waals surface area contributed by atoms with Crippen molar-refractivity contribution in [1.29, 1.82) is 0 Å². The van der Waals surface area contributed by atoms with E-state index in [1.54, 1.807) is 0 Å². The van der Waals surface area contributed by atoms with E-state index >= 15 is 0 Å². The predicted molar refractivity (Wildman–Crippen MR) is 137 cm³/mol. The molecule has 0 atom stereocenters. The van der Waals surface area contributed by atoms with E-state index in [2.05, 4.69) is 29.3 Å². The summed E-state index contributed by atoms with van der Waals surface area (Å²) in [5.74, 6) is 2.31. The number of guanidine groups is 1. The van der Waals surface area contributed by atoms with Crippen LogP contribution in [-0.2, 0) is 16.1 Å². The number of para-hydroxylation sites is 1. The largest absolute Gasteiger partial charge is 0.490 e. The fourth-order valence-electron chi connectivity index (χ4n) is 4.38. The monoisotopic (exact) mass is 556 g/mol. The molecule has 1 N–H and O–H groups in total. The van der Waals surface area contributed by atoms with Crippen LogP contribution in [0, 0.1) is 5.92 Å². The Morgan fingerprint density at radius 1 is 1.09 bits per heavy atom. The number of aliphatic imine (C=N–C) groups is 1. The minimum absolute atomic E-state index is 0. The minimum atomic E-state index is 0. The number of carbonyl (C=O) groups excluding carboxylic acids is 1. The maximum Gasteiger partial charge on any atom is 0.225 e. The number of carbonyl (C=O) groups is 1. The number of hydrogen-bond acceptors (Lipinski definition) is 4. The van der Waals surface area contributed by atoms with E-state index in [4.69, 9.17) is 14.5 Å². The lowest BCUT2D eigenvalue weighted by Gasteiger charge is -2.36. The molecule has 178 valence electrons. The van der Waals surface area contributed by atoms with Crippen LogP contribution in [0.3, 0.4) is 0 Å². The number of benzene rings is 1. The summed E-state index contributed by atoms with van der Waals surface area (Å²) in [5, 5.41) is 3.44. The van der Waals surface area contributed by atoms with Gasteiger partial charge in [-0.3, -0.25) is 4.79 Å². The van der Waals surface area contributed by atoms with Crippen molar-refractivity contribution in [2.24, 2.45) is 10.9 Å². The number of likely N-dealkylation sites (tertiary alicyclic amines) is 1. The summed E-state index contributed by atoms with van der Waals surface area (Å²) in [6.07, 6.45) is 5.68. The lowest BCUT2D eigenvalue weighted by molar-refractivity contribution is -0.140. The van der Waals surface area contributed by atoms with Gasteiger partial charge in [0.05, 0.1) is 25.9 Å². The van der Waals surface area contributed by atoms with Crippen LogP contribution in [0.15, 0.2) is 29.3 Å². The molecular formula is C24H37IN4O3. The van der Waals surface area contributed by atoms with Crippen molar-refractivity contribution in [2.75, 3.05) is 45.9 Å². The number of nitrogens with zero attached hydrogens (tertiary/aromatic N) is 3. The third-order valence-corrected chi connectivity index (χ3v) is 6.52. The Bertz CT molecular complexity index is 757. The van der Waals surface area contributed by atoms with E-state index < -0.39 is 0 Å². The first-order chi connectivity index (χ1) is 15.2. The summed E-state index contributed by atoms with van der Waals surface area (Å²) < 4.78 is 11.5. The second kappa shape index (κ2) is 12.6. The van der Waals surface area contributed by atoms with E-state index in [0.29, 0.717) is 31.8 Å². The molecule has 1 aliphatic carbocycles. The summed E-state index contributed by atoms with van der Waals surface area (Å²) in [6.45, 7) is 8.00. The molecule has 2 saturated heterocycles. The molecule has 1 aromatic carbocycles. The number of ether oxygens (including phenoxy) is 2. The van der Waals surface area contributed by atoms with Crippen molar-refractivity contribution >= 4 is 35.8 Å². The SMILES string of the molecule is CCNC(=NCc1ccccc1OC1CCC1)N1CCC(C(=O)N2CCOCC2)CC1.I. The van der Waals surface area contributed by atoms with Gasteiger partial charge in [0, 0.05) is 44.2 Å². The smallest absolute Gasteiger partial charge is 0.225 e. The molecule has 32 heavy (non-hydrogen) atoms. The summed E-state index contributed by atoms with van der Waals surface area (Å²) in [6, 6.07) is 8.24. The molecule has 3 fully saturated rings. The van der Waals surface area contributed by atoms with Crippen LogP contribution in [0.5, 0.6) is 5.75 Å². The molecular weight excluding hydrogens is 519 g/mol. The molecule has 4 rings (SSSR count). The Balaban J connectivity index is 0.00000289. The van der Waals surface area contributed by atoms with E-state index in [0.717, 1.165) is 75.7 Å². The fraction of sp³-hybridized carbons (Fsp3) is 0.667. The molecule has 0 unspecified atom stereocenters. The summed E-state index contributed by atoms with van der Waals surface area (Å²) in [5.41, 5.74) is 1.13. The van der Waals surface area contributed by atoms with Gasteiger partial charge in [0.2, 0.25) is 5.91 Å².